The normalized spacial score (nSPS) is 23.0. The van der Waals surface area contributed by atoms with Crippen molar-refractivity contribution < 1.29 is 13.2 Å². The van der Waals surface area contributed by atoms with Gasteiger partial charge in [0.25, 0.3) is 0 Å². The fraction of sp³-hybridized carbons (Fsp3) is 0.526. The van der Waals surface area contributed by atoms with Crippen molar-refractivity contribution in [3.63, 3.8) is 0 Å². The molecule has 3 heterocycles. The lowest BCUT2D eigenvalue weighted by Crippen LogP contribution is -2.50. The van der Waals surface area contributed by atoms with Crippen LogP contribution in [0.1, 0.15) is 51.3 Å². The van der Waals surface area contributed by atoms with Gasteiger partial charge in [-0.3, -0.25) is 5.01 Å². The number of hydrogen-bond acceptors (Lipinski definition) is 3. The van der Waals surface area contributed by atoms with Crippen LogP contribution in [0.25, 0.3) is 5.57 Å². The summed E-state index contributed by atoms with van der Waals surface area (Å²) in [5.74, 6) is 0. The number of allylic oxidation sites excluding steroid dienone is 3. The van der Waals surface area contributed by atoms with E-state index in [1.807, 2.05) is 26.0 Å². The van der Waals surface area contributed by atoms with Crippen LogP contribution in [0.15, 0.2) is 30.0 Å². The van der Waals surface area contributed by atoms with Crippen molar-refractivity contribution >= 4 is 11.3 Å². The molecule has 1 aromatic heterocycles. The van der Waals surface area contributed by atoms with Crippen LogP contribution in [0.5, 0.6) is 0 Å². The summed E-state index contributed by atoms with van der Waals surface area (Å²) in [4.78, 5) is 3.69. The molecular weight excluding hydrogens is 327 g/mol. The highest BCUT2D eigenvalue weighted by Crippen LogP contribution is 2.45. The number of nitrogens with zero attached hydrogens (tertiary/aromatic N) is 3. The molecule has 0 aliphatic carbocycles. The number of rotatable bonds is 2. The SMILES string of the molecule is CC(C)=C/C=C1\CN(N2CCCCC2C)c2c1ccnc2C(F)(F)F. The lowest BCUT2D eigenvalue weighted by atomic mass is 10.1. The molecule has 25 heavy (non-hydrogen) atoms. The Labute approximate surface area is 146 Å². The van der Waals surface area contributed by atoms with Gasteiger partial charge in [0.15, 0.2) is 5.69 Å². The maximum atomic E-state index is 13.6. The molecule has 3 rings (SSSR count). The standard InChI is InChI=1S/C19H24F3N3/c1-13(2)7-8-15-12-25(24-11-5-4-6-14(24)3)17-16(15)9-10-23-18(17)19(20,21)22/h7-10,14H,4-6,11-12H2,1-3H3/b15-8+. The van der Waals surface area contributed by atoms with Crippen LogP contribution >= 0.6 is 0 Å². The first kappa shape index (κ1) is 18.0. The molecule has 0 spiro atoms. The van der Waals surface area contributed by atoms with E-state index in [2.05, 4.69) is 16.9 Å². The van der Waals surface area contributed by atoms with Gasteiger partial charge in [-0.2, -0.15) is 13.2 Å². The molecule has 2 aliphatic heterocycles. The van der Waals surface area contributed by atoms with Gasteiger partial charge in [0.05, 0.1) is 12.2 Å². The van der Waals surface area contributed by atoms with Crippen molar-refractivity contribution in [2.75, 3.05) is 18.1 Å². The molecule has 1 fully saturated rings. The van der Waals surface area contributed by atoms with E-state index in [9.17, 15) is 13.2 Å². The van der Waals surface area contributed by atoms with E-state index in [1.165, 1.54) is 6.20 Å². The summed E-state index contributed by atoms with van der Waals surface area (Å²) in [5, 5.41) is 3.89. The summed E-state index contributed by atoms with van der Waals surface area (Å²) in [6.07, 6.45) is 3.82. The molecule has 0 radical (unpaired) electrons. The van der Waals surface area contributed by atoms with Gasteiger partial charge < -0.3 is 0 Å². The highest BCUT2D eigenvalue weighted by molar-refractivity contribution is 5.87. The number of anilines is 1. The second-order valence-electron chi connectivity index (χ2n) is 7.05. The van der Waals surface area contributed by atoms with Crippen LogP contribution in [-0.2, 0) is 6.18 Å². The number of hydrogen-bond donors (Lipinski definition) is 0. The Morgan fingerprint density at radius 3 is 2.68 bits per heavy atom. The quantitative estimate of drug-likeness (QED) is 0.742. The number of halogens is 3. The lowest BCUT2D eigenvalue weighted by molar-refractivity contribution is -0.140. The van der Waals surface area contributed by atoms with Crippen molar-refractivity contribution in [3.05, 3.63) is 41.2 Å². The van der Waals surface area contributed by atoms with E-state index in [0.29, 0.717) is 12.1 Å². The topological polar surface area (TPSA) is 19.4 Å². The number of alkyl halides is 3. The first-order chi connectivity index (χ1) is 11.8. The van der Waals surface area contributed by atoms with E-state index >= 15 is 0 Å². The zero-order valence-electron chi connectivity index (χ0n) is 14.9. The number of hydrazine groups is 1. The zero-order chi connectivity index (χ0) is 18.2. The smallest absolute Gasteiger partial charge is 0.298 e. The molecule has 6 heteroatoms. The van der Waals surface area contributed by atoms with Crippen molar-refractivity contribution in [2.24, 2.45) is 0 Å². The van der Waals surface area contributed by atoms with Crippen LogP contribution in [0.3, 0.4) is 0 Å². The molecule has 1 saturated heterocycles. The van der Waals surface area contributed by atoms with Gasteiger partial charge in [0.2, 0.25) is 0 Å². The summed E-state index contributed by atoms with van der Waals surface area (Å²) >= 11 is 0. The zero-order valence-corrected chi connectivity index (χ0v) is 14.9. The molecule has 1 atom stereocenters. The van der Waals surface area contributed by atoms with E-state index in [0.717, 1.165) is 37.0 Å². The van der Waals surface area contributed by atoms with E-state index in [1.54, 1.807) is 11.1 Å². The van der Waals surface area contributed by atoms with Crippen LogP contribution in [0, 0.1) is 0 Å². The molecule has 0 bridgehead atoms. The van der Waals surface area contributed by atoms with Crippen LogP contribution in [0.2, 0.25) is 0 Å². The van der Waals surface area contributed by atoms with Gasteiger partial charge in [0.1, 0.15) is 0 Å². The van der Waals surface area contributed by atoms with Crippen molar-refractivity contribution in [1.29, 1.82) is 0 Å². The summed E-state index contributed by atoms with van der Waals surface area (Å²) in [6.45, 7) is 7.28. The Hall–Kier alpha value is -1.82. The van der Waals surface area contributed by atoms with Gasteiger partial charge in [-0.15, -0.1) is 0 Å². The molecule has 0 N–H and O–H groups in total. The molecule has 1 unspecified atom stereocenters. The summed E-state index contributed by atoms with van der Waals surface area (Å²) in [6, 6.07) is 1.93. The van der Waals surface area contributed by atoms with Gasteiger partial charge in [-0.05, 0) is 45.3 Å². The molecule has 0 aromatic carbocycles. The maximum Gasteiger partial charge on any atom is 0.435 e. The number of pyridine rings is 1. The molecule has 3 nitrogen and oxygen atoms in total. The highest BCUT2D eigenvalue weighted by Gasteiger charge is 2.43. The summed E-state index contributed by atoms with van der Waals surface area (Å²) in [5.41, 5.74) is 2.07. The van der Waals surface area contributed by atoms with Gasteiger partial charge >= 0.3 is 6.18 Å². The molecule has 2 aliphatic rings. The van der Waals surface area contributed by atoms with E-state index in [4.69, 9.17) is 0 Å². The lowest BCUT2D eigenvalue weighted by Gasteiger charge is -2.41. The molecule has 0 amide bonds. The third-order valence-corrected chi connectivity index (χ3v) is 4.81. The Bertz CT molecular complexity index is 702. The third kappa shape index (κ3) is 3.59. The predicted octanol–water partition coefficient (Wildman–Crippen LogP) is 5.06. The minimum atomic E-state index is -4.46. The summed E-state index contributed by atoms with van der Waals surface area (Å²) in [7, 11) is 0. The Morgan fingerprint density at radius 2 is 2.04 bits per heavy atom. The number of piperidine rings is 1. The average molecular weight is 351 g/mol. The third-order valence-electron chi connectivity index (χ3n) is 4.81. The van der Waals surface area contributed by atoms with Crippen LogP contribution < -0.4 is 5.01 Å². The largest absolute Gasteiger partial charge is 0.435 e. The predicted molar refractivity (Wildman–Crippen MR) is 94.0 cm³/mol. The maximum absolute atomic E-state index is 13.6. The molecule has 0 saturated carbocycles. The Morgan fingerprint density at radius 1 is 1.28 bits per heavy atom. The number of fused-ring (bicyclic) bond motifs is 1. The average Bonchev–Trinajstić information content (AvgIpc) is 2.91. The fourth-order valence-electron chi connectivity index (χ4n) is 3.58. The summed E-state index contributed by atoms with van der Waals surface area (Å²) < 4.78 is 40.7. The van der Waals surface area contributed by atoms with E-state index in [-0.39, 0.29) is 11.7 Å². The van der Waals surface area contributed by atoms with Crippen molar-refractivity contribution in [2.45, 2.75) is 52.3 Å². The van der Waals surface area contributed by atoms with Gasteiger partial charge in [0, 0.05) is 24.3 Å². The van der Waals surface area contributed by atoms with Crippen LogP contribution in [0.4, 0.5) is 18.9 Å². The Balaban J connectivity index is 2.11. The Kier molecular flexibility index (Phi) is 4.91. The van der Waals surface area contributed by atoms with Gasteiger partial charge in [-0.25, -0.2) is 9.99 Å². The second kappa shape index (κ2) is 6.83. The van der Waals surface area contributed by atoms with Crippen molar-refractivity contribution in [3.8, 4) is 0 Å². The molecule has 1 aromatic rings. The first-order valence-electron chi connectivity index (χ1n) is 8.73. The van der Waals surface area contributed by atoms with Crippen LogP contribution in [-0.4, -0.2) is 29.1 Å². The minimum Gasteiger partial charge on any atom is -0.298 e. The second-order valence-corrected chi connectivity index (χ2v) is 7.05. The monoisotopic (exact) mass is 351 g/mol. The fourth-order valence-corrected chi connectivity index (χ4v) is 3.58. The molecular formula is C19H24F3N3. The minimum absolute atomic E-state index is 0.206. The highest BCUT2D eigenvalue weighted by atomic mass is 19.4. The number of aromatic nitrogens is 1. The first-order valence-corrected chi connectivity index (χ1v) is 8.73. The van der Waals surface area contributed by atoms with Gasteiger partial charge in [-0.1, -0.05) is 24.1 Å². The molecule has 136 valence electrons. The van der Waals surface area contributed by atoms with E-state index < -0.39 is 11.9 Å². The van der Waals surface area contributed by atoms with Crippen molar-refractivity contribution in [1.82, 2.24) is 9.99 Å².